The summed E-state index contributed by atoms with van der Waals surface area (Å²) in [4.78, 5) is 2.69. The van der Waals surface area contributed by atoms with Crippen LogP contribution in [0.3, 0.4) is 0 Å². The van der Waals surface area contributed by atoms with E-state index in [-0.39, 0.29) is 0 Å². The Bertz CT molecular complexity index is 472. The van der Waals surface area contributed by atoms with Gasteiger partial charge in [0, 0.05) is 29.3 Å². The van der Waals surface area contributed by atoms with Gasteiger partial charge in [-0.2, -0.15) is 0 Å². The summed E-state index contributed by atoms with van der Waals surface area (Å²) < 4.78 is 1.25. The average Bonchev–Trinajstić information content (AvgIpc) is 2.53. The molecule has 1 N–H and O–H groups in total. The van der Waals surface area contributed by atoms with E-state index in [2.05, 4.69) is 51.3 Å². The van der Waals surface area contributed by atoms with Crippen molar-refractivity contribution in [2.45, 2.75) is 58.0 Å². The van der Waals surface area contributed by atoms with Crippen LogP contribution in [0.15, 0.2) is 22.7 Å². The minimum atomic E-state index is 0.791. The van der Waals surface area contributed by atoms with Crippen LogP contribution in [0, 0.1) is 5.92 Å². The Kier molecular flexibility index (Phi) is 5.23. The van der Waals surface area contributed by atoms with Gasteiger partial charge in [-0.25, -0.2) is 0 Å². The minimum absolute atomic E-state index is 0.791. The van der Waals surface area contributed by atoms with Crippen molar-refractivity contribution in [3.63, 3.8) is 0 Å². The Balaban J connectivity index is 1.77. The second-order valence-electron chi connectivity index (χ2n) is 6.50. The number of piperidine rings is 1. The van der Waals surface area contributed by atoms with Gasteiger partial charge >= 0.3 is 0 Å². The summed E-state index contributed by atoms with van der Waals surface area (Å²) in [7, 11) is 0. The third kappa shape index (κ3) is 3.45. The zero-order valence-corrected chi connectivity index (χ0v) is 14.7. The van der Waals surface area contributed by atoms with Crippen LogP contribution in [0.25, 0.3) is 0 Å². The molecule has 1 aromatic carbocycles. The number of anilines is 1. The molecular formula is C18H27BrN2. The van der Waals surface area contributed by atoms with E-state index in [1.54, 1.807) is 0 Å². The Hall–Kier alpha value is -0.540. The van der Waals surface area contributed by atoms with Crippen LogP contribution in [-0.4, -0.2) is 19.1 Å². The largest absolute Gasteiger partial charge is 0.368 e. The molecule has 0 aromatic heterocycles. The average molecular weight is 351 g/mol. The topological polar surface area (TPSA) is 15.3 Å². The second-order valence-corrected chi connectivity index (χ2v) is 7.36. The number of hydrogen-bond donors (Lipinski definition) is 1. The Morgan fingerprint density at radius 2 is 2.00 bits per heavy atom. The van der Waals surface area contributed by atoms with E-state index in [0.717, 1.165) is 25.0 Å². The molecule has 2 aliphatic rings. The van der Waals surface area contributed by atoms with E-state index in [4.69, 9.17) is 0 Å². The van der Waals surface area contributed by atoms with E-state index in [9.17, 15) is 0 Å². The maximum absolute atomic E-state index is 3.77. The van der Waals surface area contributed by atoms with Crippen molar-refractivity contribution in [2.24, 2.45) is 5.92 Å². The maximum Gasteiger partial charge on any atom is 0.0380 e. The SMILES string of the molecule is CCNCc1ccc(N2CCCC3CCCCC32)cc1Br. The van der Waals surface area contributed by atoms with Crippen molar-refractivity contribution >= 4 is 21.6 Å². The molecular weight excluding hydrogens is 324 g/mol. The summed E-state index contributed by atoms with van der Waals surface area (Å²) in [5.41, 5.74) is 2.77. The van der Waals surface area contributed by atoms with Crippen molar-refractivity contribution in [1.82, 2.24) is 5.32 Å². The van der Waals surface area contributed by atoms with Gasteiger partial charge in [0.05, 0.1) is 0 Å². The van der Waals surface area contributed by atoms with Gasteiger partial charge in [-0.1, -0.05) is 41.8 Å². The minimum Gasteiger partial charge on any atom is -0.368 e. The zero-order chi connectivity index (χ0) is 14.7. The molecule has 1 aliphatic carbocycles. The van der Waals surface area contributed by atoms with E-state index in [0.29, 0.717) is 0 Å². The first-order valence-corrected chi connectivity index (χ1v) is 9.34. The third-order valence-corrected chi connectivity index (χ3v) is 5.92. The number of benzene rings is 1. The highest BCUT2D eigenvalue weighted by atomic mass is 79.9. The number of rotatable bonds is 4. The number of hydrogen-bond acceptors (Lipinski definition) is 2. The Labute approximate surface area is 137 Å². The summed E-state index contributed by atoms with van der Waals surface area (Å²) in [6, 6.07) is 7.74. The first-order valence-electron chi connectivity index (χ1n) is 8.55. The maximum atomic E-state index is 3.77. The van der Waals surface area contributed by atoms with E-state index in [1.165, 1.54) is 60.8 Å². The standard InChI is InChI=1S/C18H27BrN2/c1-2-20-13-15-9-10-16(12-17(15)19)21-11-5-7-14-6-3-4-8-18(14)21/h9-10,12,14,18,20H,2-8,11,13H2,1H3. The smallest absolute Gasteiger partial charge is 0.0380 e. The molecule has 3 heteroatoms. The van der Waals surface area contributed by atoms with E-state index >= 15 is 0 Å². The molecule has 116 valence electrons. The van der Waals surface area contributed by atoms with Crippen molar-refractivity contribution < 1.29 is 0 Å². The molecule has 1 aliphatic heterocycles. The molecule has 1 heterocycles. The van der Waals surface area contributed by atoms with E-state index < -0.39 is 0 Å². The van der Waals surface area contributed by atoms with Crippen LogP contribution in [-0.2, 0) is 6.54 Å². The summed E-state index contributed by atoms with van der Waals surface area (Å²) >= 11 is 3.77. The van der Waals surface area contributed by atoms with Gasteiger partial charge in [-0.05, 0) is 55.8 Å². The highest BCUT2D eigenvalue weighted by molar-refractivity contribution is 9.10. The molecule has 3 rings (SSSR count). The Morgan fingerprint density at radius 3 is 2.81 bits per heavy atom. The van der Waals surface area contributed by atoms with Crippen molar-refractivity contribution in [2.75, 3.05) is 18.0 Å². The van der Waals surface area contributed by atoms with Crippen LogP contribution < -0.4 is 10.2 Å². The number of fused-ring (bicyclic) bond motifs is 1. The predicted octanol–water partition coefficient (Wildman–Crippen LogP) is 4.72. The fraction of sp³-hybridized carbons (Fsp3) is 0.667. The van der Waals surface area contributed by atoms with Crippen molar-refractivity contribution in [3.8, 4) is 0 Å². The molecule has 2 atom stereocenters. The lowest BCUT2D eigenvalue weighted by Gasteiger charge is -2.45. The van der Waals surface area contributed by atoms with Crippen LogP contribution >= 0.6 is 15.9 Å². The third-order valence-electron chi connectivity index (χ3n) is 5.18. The fourth-order valence-electron chi connectivity index (χ4n) is 4.06. The lowest BCUT2D eigenvalue weighted by atomic mass is 9.78. The molecule has 0 amide bonds. The molecule has 0 spiro atoms. The number of nitrogens with zero attached hydrogens (tertiary/aromatic N) is 1. The van der Waals surface area contributed by atoms with Gasteiger partial charge < -0.3 is 10.2 Å². The predicted molar refractivity (Wildman–Crippen MR) is 93.8 cm³/mol. The van der Waals surface area contributed by atoms with Crippen LogP contribution in [0.5, 0.6) is 0 Å². The van der Waals surface area contributed by atoms with Gasteiger partial charge in [0.25, 0.3) is 0 Å². The lowest BCUT2D eigenvalue weighted by Crippen LogP contribution is -2.46. The van der Waals surface area contributed by atoms with Crippen LogP contribution in [0.1, 0.15) is 51.0 Å². The monoisotopic (exact) mass is 350 g/mol. The van der Waals surface area contributed by atoms with Gasteiger partial charge in [0.15, 0.2) is 0 Å². The van der Waals surface area contributed by atoms with E-state index in [1.807, 2.05) is 0 Å². The summed E-state index contributed by atoms with van der Waals surface area (Å²) in [6.07, 6.45) is 8.50. The van der Waals surface area contributed by atoms with Crippen molar-refractivity contribution in [1.29, 1.82) is 0 Å². The second kappa shape index (κ2) is 7.15. The number of halogens is 1. The number of nitrogens with one attached hydrogen (secondary N) is 1. The molecule has 2 unspecified atom stereocenters. The first-order chi connectivity index (χ1) is 10.3. The molecule has 0 bridgehead atoms. The summed E-state index contributed by atoms with van der Waals surface area (Å²) in [6.45, 7) is 5.35. The lowest BCUT2D eigenvalue weighted by molar-refractivity contribution is 0.244. The van der Waals surface area contributed by atoms with Crippen LogP contribution in [0.2, 0.25) is 0 Å². The molecule has 1 saturated carbocycles. The molecule has 21 heavy (non-hydrogen) atoms. The van der Waals surface area contributed by atoms with Crippen molar-refractivity contribution in [3.05, 3.63) is 28.2 Å². The van der Waals surface area contributed by atoms with Gasteiger partial charge in [-0.3, -0.25) is 0 Å². The summed E-state index contributed by atoms with van der Waals surface area (Å²) in [5, 5.41) is 3.41. The molecule has 1 saturated heterocycles. The fourth-order valence-corrected chi connectivity index (χ4v) is 4.57. The Morgan fingerprint density at radius 1 is 1.19 bits per heavy atom. The molecule has 0 radical (unpaired) electrons. The zero-order valence-electron chi connectivity index (χ0n) is 13.1. The molecule has 2 nitrogen and oxygen atoms in total. The van der Waals surface area contributed by atoms with Gasteiger partial charge in [0.2, 0.25) is 0 Å². The van der Waals surface area contributed by atoms with Gasteiger partial charge in [0.1, 0.15) is 0 Å². The normalized spacial score (nSPS) is 25.7. The molecule has 2 fully saturated rings. The van der Waals surface area contributed by atoms with Crippen LogP contribution in [0.4, 0.5) is 5.69 Å². The quantitative estimate of drug-likeness (QED) is 0.845. The molecule has 1 aromatic rings. The summed E-state index contributed by atoms with van der Waals surface area (Å²) in [5.74, 6) is 0.938. The van der Waals surface area contributed by atoms with Gasteiger partial charge in [-0.15, -0.1) is 0 Å². The first kappa shape index (κ1) is 15.4. The highest BCUT2D eigenvalue weighted by Crippen LogP contribution is 2.38. The highest BCUT2D eigenvalue weighted by Gasteiger charge is 2.33.